The quantitative estimate of drug-likeness (QED) is 0.0595. The molecular formula is C39H41N5O9. The molecule has 3 unspecified atom stereocenters. The molecule has 0 aliphatic carbocycles. The van der Waals surface area contributed by atoms with E-state index in [1.807, 2.05) is 19.9 Å². The minimum Gasteiger partial charge on any atom is -0.480 e. The number of carboxylic acids is 2. The van der Waals surface area contributed by atoms with E-state index in [0.717, 1.165) is 5.56 Å². The van der Waals surface area contributed by atoms with Crippen molar-refractivity contribution < 1.29 is 39.1 Å². The minimum absolute atomic E-state index is 0.00419. The summed E-state index contributed by atoms with van der Waals surface area (Å²) < 4.78 is 0. The molecule has 0 radical (unpaired) electrons. The number of aliphatic carboxylic acids is 2. The maximum atomic E-state index is 13.7. The lowest BCUT2D eigenvalue weighted by Gasteiger charge is -2.23. The molecule has 0 aliphatic rings. The van der Waals surface area contributed by atoms with Gasteiger partial charge in [0.05, 0.1) is 17.3 Å². The molecule has 14 nitrogen and oxygen atoms in total. The molecule has 6 N–H and O–H groups in total. The molecule has 14 heteroatoms. The van der Waals surface area contributed by atoms with E-state index in [1.54, 1.807) is 72.8 Å². The number of nitrogens with zero attached hydrogens (tertiary/aromatic N) is 1. The zero-order valence-corrected chi connectivity index (χ0v) is 29.2. The fourth-order valence-corrected chi connectivity index (χ4v) is 5.72. The second-order valence-corrected chi connectivity index (χ2v) is 12.9. The average molecular weight is 724 g/mol. The predicted molar refractivity (Wildman–Crippen MR) is 198 cm³/mol. The second kappa shape index (κ2) is 18.6. The molecule has 276 valence electrons. The fourth-order valence-electron chi connectivity index (χ4n) is 5.72. The van der Waals surface area contributed by atoms with Crippen molar-refractivity contribution in [2.75, 3.05) is 10.6 Å². The molecule has 53 heavy (non-hydrogen) atoms. The van der Waals surface area contributed by atoms with E-state index in [0.29, 0.717) is 34.5 Å². The van der Waals surface area contributed by atoms with Crippen molar-refractivity contribution in [2.45, 2.75) is 57.5 Å². The van der Waals surface area contributed by atoms with Crippen LogP contribution in [0.4, 0.5) is 21.9 Å². The largest absolute Gasteiger partial charge is 0.480 e. The number of nitro groups is 1. The van der Waals surface area contributed by atoms with Crippen molar-refractivity contribution in [3.63, 3.8) is 0 Å². The van der Waals surface area contributed by atoms with Crippen LogP contribution in [0.25, 0.3) is 0 Å². The highest BCUT2D eigenvalue weighted by atomic mass is 16.6. The molecule has 4 rings (SSSR count). The Morgan fingerprint density at radius 2 is 1.17 bits per heavy atom. The highest BCUT2D eigenvalue weighted by Crippen LogP contribution is 2.26. The third-order valence-corrected chi connectivity index (χ3v) is 8.35. The molecule has 0 bridgehead atoms. The molecule has 0 aliphatic heterocycles. The maximum Gasteiger partial charge on any atom is 0.326 e. The van der Waals surface area contributed by atoms with Crippen LogP contribution in [0, 0.1) is 16.0 Å². The lowest BCUT2D eigenvalue weighted by atomic mass is 9.88. The Morgan fingerprint density at radius 1 is 0.679 bits per heavy atom. The number of hydrogen-bond donors (Lipinski definition) is 6. The third-order valence-electron chi connectivity index (χ3n) is 8.35. The number of urea groups is 1. The molecule has 4 amide bonds. The van der Waals surface area contributed by atoms with Gasteiger partial charge >= 0.3 is 18.0 Å². The van der Waals surface area contributed by atoms with Crippen LogP contribution in [-0.2, 0) is 38.4 Å². The Labute approximate surface area is 305 Å². The number of nitrogens with one attached hydrogen (secondary N) is 4. The van der Waals surface area contributed by atoms with Gasteiger partial charge in [0.15, 0.2) is 0 Å². The maximum absolute atomic E-state index is 13.7. The van der Waals surface area contributed by atoms with Gasteiger partial charge in [0, 0.05) is 36.3 Å². The van der Waals surface area contributed by atoms with E-state index in [4.69, 9.17) is 0 Å². The Bertz CT molecular complexity index is 1920. The Morgan fingerprint density at radius 3 is 1.66 bits per heavy atom. The van der Waals surface area contributed by atoms with Crippen molar-refractivity contribution in [3.05, 3.63) is 135 Å². The van der Waals surface area contributed by atoms with Gasteiger partial charge in [0.2, 0.25) is 11.8 Å². The van der Waals surface area contributed by atoms with Gasteiger partial charge in [-0.05, 0) is 58.9 Å². The Kier molecular flexibility index (Phi) is 13.8. The number of anilines is 2. The topological polar surface area (TPSA) is 217 Å². The van der Waals surface area contributed by atoms with Crippen LogP contribution in [0.5, 0.6) is 0 Å². The van der Waals surface area contributed by atoms with Crippen LogP contribution in [0.15, 0.2) is 103 Å². The standard InChI is InChI=1S/C39H41N5O9/c1-24(2)20-32(26-12-14-29(15-13-26)40-39(51)41-30-16-18-31(19-17-30)44(52)53)36(46)43-34(38(49)50)23-28-11-7-6-10-27(28)22-33(37(47)48)42-35(45)21-25-8-4-3-5-9-25/h3-19,24,32-34H,20-23H2,1-2H3,(H,42,45)(H,43,46)(H,47,48)(H,49,50)(H2,40,41,51). The number of carbonyl (C=O) groups is 5. The summed E-state index contributed by atoms with van der Waals surface area (Å²) in [5, 5.41) is 41.4. The van der Waals surface area contributed by atoms with Crippen LogP contribution in [0.1, 0.15) is 48.4 Å². The Hall–Kier alpha value is -6.57. The SMILES string of the molecule is CC(C)CC(C(=O)NC(Cc1ccccc1CC(NC(=O)Cc1ccccc1)C(=O)O)C(=O)O)c1ccc(NC(=O)Nc2ccc([N+](=O)[O-])cc2)cc1. The number of carboxylic acid groups (broad SMARTS) is 2. The van der Waals surface area contributed by atoms with E-state index in [2.05, 4.69) is 21.3 Å². The van der Waals surface area contributed by atoms with Gasteiger partial charge in [0.25, 0.3) is 5.69 Å². The molecular weight excluding hydrogens is 682 g/mol. The minimum atomic E-state index is -1.35. The molecule has 0 saturated carbocycles. The average Bonchev–Trinajstić information content (AvgIpc) is 3.11. The molecule has 0 fully saturated rings. The van der Waals surface area contributed by atoms with Crippen molar-refractivity contribution >= 4 is 46.8 Å². The zero-order chi connectivity index (χ0) is 38.5. The molecule has 0 saturated heterocycles. The summed E-state index contributed by atoms with van der Waals surface area (Å²) in [4.78, 5) is 73.8. The van der Waals surface area contributed by atoms with Crippen molar-refractivity contribution in [1.82, 2.24) is 10.6 Å². The van der Waals surface area contributed by atoms with Crippen LogP contribution in [0.3, 0.4) is 0 Å². The highest BCUT2D eigenvalue weighted by molar-refractivity contribution is 6.00. The molecule has 0 spiro atoms. The molecule has 4 aromatic rings. The molecule has 0 heterocycles. The highest BCUT2D eigenvalue weighted by Gasteiger charge is 2.29. The molecule has 3 atom stereocenters. The van der Waals surface area contributed by atoms with Crippen LogP contribution >= 0.6 is 0 Å². The summed E-state index contributed by atoms with van der Waals surface area (Å²) in [6, 6.07) is 24.3. The summed E-state index contributed by atoms with van der Waals surface area (Å²) in [5.41, 5.74) is 2.98. The van der Waals surface area contributed by atoms with Crippen LogP contribution in [0.2, 0.25) is 0 Å². The van der Waals surface area contributed by atoms with Gasteiger partial charge < -0.3 is 31.5 Å². The number of amides is 4. The monoisotopic (exact) mass is 723 g/mol. The normalized spacial score (nSPS) is 12.5. The van der Waals surface area contributed by atoms with E-state index < -0.39 is 52.7 Å². The van der Waals surface area contributed by atoms with Crippen LogP contribution < -0.4 is 21.3 Å². The zero-order valence-electron chi connectivity index (χ0n) is 29.2. The first-order valence-corrected chi connectivity index (χ1v) is 16.9. The van der Waals surface area contributed by atoms with Gasteiger partial charge in [-0.3, -0.25) is 19.7 Å². The van der Waals surface area contributed by atoms with E-state index >= 15 is 0 Å². The summed E-state index contributed by atoms with van der Waals surface area (Å²) >= 11 is 0. The number of non-ortho nitro benzene ring substituents is 1. The van der Waals surface area contributed by atoms with Gasteiger partial charge in [-0.25, -0.2) is 14.4 Å². The predicted octanol–water partition coefficient (Wildman–Crippen LogP) is 5.54. The van der Waals surface area contributed by atoms with Crippen molar-refractivity contribution in [1.29, 1.82) is 0 Å². The van der Waals surface area contributed by atoms with E-state index in [9.17, 15) is 44.3 Å². The number of benzene rings is 4. The second-order valence-electron chi connectivity index (χ2n) is 12.9. The summed E-state index contributed by atoms with van der Waals surface area (Å²) in [6.45, 7) is 3.86. The summed E-state index contributed by atoms with van der Waals surface area (Å²) in [5.74, 6) is -4.18. The number of hydrogen-bond acceptors (Lipinski definition) is 7. The summed E-state index contributed by atoms with van der Waals surface area (Å²) in [7, 11) is 0. The summed E-state index contributed by atoms with van der Waals surface area (Å²) in [6.07, 6.45) is 0.151. The lowest BCUT2D eigenvalue weighted by Crippen LogP contribution is -2.45. The van der Waals surface area contributed by atoms with Gasteiger partial charge in [-0.1, -0.05) is 80.6 Å². The first kappa shape index (κ1) is 39.2. The van der Waals surface area contributed by atoms with Gasteiger partial charge in [-0.2, -0.15) is 0 Å². The Balaban J connectivity index is 1.43. The fraction of sp³-hybridized carbons (Fsp3) is 0.256. The number of rotatable bonds is 17. The number of carbonyl (C=O) groups excluding carboxylic acids is 3. The first-order chi connectivity index (χ1) is 25.3. The first-order valence-electron chi connectivity index (χ1n) is 16.9. The third kappa shape index (κ3) is 12.0. The molecule has 0 aromatic heterocycles. The smallest absolute Gasteiger partial charge is 0.326 e. The lowest BCUT2D eigenvalue weighted by molar-refractivity contribution is -0.384. The molecule has 4 aromatic carbocycles. The van der Waals surface area contributed by atoms with E-state index in [1.165, 1.54) is 24.3 Å². The van der Waals surface area contributed by atoms with E-state index in [-0.39, 0.29) is 30.9 Å². The number of nitro benzene ring substituents is 1. The van der Waals surface area contributed by atoms with Gasteiger partial charge in [-0.15, -0.1) is 0 Å². The van der Waals surface area contributed by atoms with Crippen molar-refractivity contribution in [2.24, 2.45) is 5.92 Å². The van der Waals surface area contributed by atoms with Gasteiger partial charge in [0.1, 0.15) is 12.1 Å². The van der Waals surface area contributed by atoms with Crippen molar-refractivity contribution in [3.8, 4) is 0 Å². The van der Waals surface area contributed by atoms with Crippen LogP contribution in [-0.4, -0.2) is 57.0 Å².